The first-order valence-electron chi connectivity index (χ1n) is 13.8. The minimum absolute atomic E-state index is 0.00735. The second-order valence-corrected chi connectivity index (χ2v) is 12.8. The number of carbonyl (C=O) groups is 1. The summed E-state index contributed by atoms with van der Waals surface area (Å²) < 4.78 is 37.8. The zero-order valence-corrected chi connectivity index (χ0v) is 26.3. The molecule has 3 aromatic carbocycles. The number of pyridine rings is 1. The van der Waals surface area contributed by atoms with Crippen LogP contribution in [0.25, 0.3) is 22.4 Å². The van der Waals surface area contributed by atoms with Crippen molar-refractivity contribution in [3.63, 3.8) is 0 Å². The number of methoxy groups -OCH3 is 1. The Morgan fingerprint density at radius 3 is 2.29 bits per heavy atom. The maximum Gasteiger partial charge on any atom is 0.263 e. The third-order valence-electron chi connectivity index (χ3n) is 6.73. The third kappa shape index (κ3) is 7.70. The summed E-state index contributed by atoms with van der Waals surface area (Å²) in [5, 5.41) is 17.1. The van der Waals surface area contributed by atoms with Gasteiger partial charge in [0.2, 0.25) is 5.91 Å². The molecule has 0 radical (unpaired) electrons. The van der Waals surface area contributed by atoms with Crippen LogP contribution >= 0.6 is 11.8 Å². The summed E-state index contributed by atoms with van der Waals surface area (Å²) in [4.78, 5) is 17.6. The lowest BCUT2D eigenvalue weighted by atomic mass is 9.98. The van der Waals surface area contributed by atoms with Gasteiger partial charge in [0, 0.05) is 35.1 Å². The largest absolute Gasteiger partial charge is 0.497 e. The maximum atomic E-state index is 12.8. The summed E-state index contributed by atoms with van der Waals surface area (Å²) in [7, 11) is -2.27. The van der Waals surface area contributed by atoms with E-state index in [2.05, 4.69) is 21.3 Å². The number of carbonyl (C=O) groups excluding carboxylic acids is 1. The van der Waals surface area contributed by atoms with Crippen molar-refractivity contribution >= 4 is 39.2 Å². The summed E-state index contributed by atoms with van der Waals surface area (Å²) in [5.41, 5.74) is 5.21. The molecule has 0 fully saturated rings. The summed E-state index contributed by atoms with van der Waals surface area (Å²) in [5.74, 6) is 1.37. The Morgan fingerprint density at radius 2 is 1.67 bits per heavy atom. The van der Waals surface area contributed by atoms with Gasteiger partial charge < -0.3 is 14.6 Å². The van der Waals surface area contributed by atoms with Crippen molar-refractivity contribution in [2.75, 3.05) is 22.9 Å². The van der Waals surface area contributed by atoms with Crippen molar-refractivity contribution in [3.8, 4) is 34.2 Å². The second kappa shape index (κ2) is 13.7. The van der Waals surface area contributed by atoms with Gasteiger partial charge in [0.05, 0.1) is 23.3 Å². The fourth-order valence-electron chi connectivity index (χ4n) is 4.40. The minimum Gasteiger partial charge on any atom is -0.497 e. The molecule has 2 aromatic heterocycles. The number of hydrogen-bond acceptors (Lipinski definition) is 9. The fraction of sp³-hybridized carbons (Fsp3) is 0.152. The zero-order chi connectivity index (χ0) is 32.0. The Balaban J connectivity index is 1.29. The van der Waals surface area contributed by atoms with E-state index in [0.717, 1.165) is 28.0 Å². The molecule has 2 N–H and O–H groups in total. The van der Waals surface area contributed by atoms with E-state index < -0.39 is 10.0 Å². The molecule has 1 amide bonds. The minimum atomic E-state index is -3.88. The number of nitrogens with zero attached hydrogens (tertiary/aromatic N) is 3. The number of ether oxygens (including phenoxy) is 1. The standard InChI is InChI=1S/C33H29N5O5S2/c1-21-4-6-23(7-5-21)28-19-30(24-8-12-26(42-3)13-9-24)36-33(29(28)20-34)44-17-16-32(39)35-25-10-14-27(15-11-25)45(40,41)38-31-18-22(2)43-37-31/h4-15,18-19H,16-17H2,1-3H3,(H,35,39)(H,37,38). The van der Waals surface area contributed by atoms with E-state index in [1.807, 2.05) is 61.5 Å². The molecule has 0 aliphatic carbocycles. The van der Waals surface area contributed by atoms with Crippen molar-refractivity contribution in [2.24, 2.45) is 0 Å². The first-order chi connectivity index (χ1) is 21.6. The molecule has 45 heavy (non-hydrogen) atoms. The van der Waals surface area contributed by atoms with Gasteiger partial charge in [-0.1, -0.05) is 35.0 Å². The van der Waals surface area contributed by atoms with Crippen LogP contribution in [0.15, 0.2) is 99.4 Å². The maximum absolute atomic E-state index is 12.8. The Kier molecular flexibility index (Phi) is 9.51. The molecule has 0 aliphatic heterocycles. The Bertz CT molecular complexity index is 1970. The summed E-state index contributed by atoms with van der Waals surface area (Å²) >= 11 is 1.33. The average Bonchev–Trinajstić information content (AvgIpc) is 3.44. The van der Waals surface area contributed by atoms with Crippen LogP contribution in [0.2, 0.25) is 0 Å². The van der Waals surface area contributed by atoms with Crippen molar-refractivity contribution in [3.05, 3.63) is 102 Å². The number of thioether (sulfide) groups is 1. The van der Waals surface area contributed by atoms with Gasteiger partial charge in [-0.2, -0.15) is 5.26 Å². The first-order valence-corrected chi connectivity index (χ1v) is 16.3. The number of nitrogens with one attached hydrogen (secondary N) is 2. The van der Waals surface area contributed by atoms with Crippen LogP contribution in [0.1, 0.15) is 23.3 Å². The van der Waals surface area contributed by atoms with Crippen molar-refractivity contribution in [2.45, 2.75) is 30.2 Å². The highest BCUT2D eigenvalue weighted by Gasteiger charge is 2.18. The van der Waals surface area contributed by atoms with Crippen molar-refractivity contribution in [1.82, 2.24) is 10.1 Å². The van der Waals surface area contributed by atoms with Gasteiger partial charge in [-0.25, -0.2) is 13.4 Å². The molecule has 12 heteroatoms. The van der Waals surface area contributed by atoms with Crippen molar-refractivity contribution < 1.29 is 22.5 Å². The lowest BCUT2D eigenvalue weighted by Crippen LogP contribution is -2.14. The molecule has 10 nitrogen and oxygen atoms in total. The molecule has 0 spiro atoms. The summed E-state index contributed by atoms with van der Waals surface area (Å²) in [6, 6.07) is 27.0. The van der Waals surface area contributed by atoms with Gasteiger partial charge in [-0.15, -0.1) is 11.8 Å². The van der Waals surface area contributed by atoms with Gasteiger partial charge >= 0.3 is 0 Å². The molecule has 0 saturated heterocycles. The fourth-order valence-corrected chi connectivity index (χ4v) is 6.32. The quantitative estimate of drug-likeness (QED) is 0.149. The average molecular weight is 640 g/mol. The van der Waals surface area contributed by atoms with E-state index >= 15 is 0 Å². The number of sulfonamides is 1. The molecule has 0 aliphatic rings. The van der Waals surface area contributed by atoms with Gasteiger partial charge in [0.1, 0.15) is 22.6 Å². The number of rotatable bonds is 11. The number of aromatic nitrogens is 2. The molecule has 5 aromatic rings. The highest BCUT2D eigenvalue weighted by molar-refractivity contribution is 7.99. The van der Waals surface area contributed by atoms with Gasteiger partial charge in [-0.05, 0) is 74.0 Å². The number of aryl methyl sites for hydroxylation is 2. The van der Waals surface area contributed by atoms with E-state index in [4.69, 9.17) is 14.2 Å². The second-order valence-electron chi connectivity index (χ2n) is 10.0. The SMILES string of the molecule is COc1ccc(-c2cc(-c3ccc(C)cc3)c(C#N)c(SCCC(=O)Nc3ccc(S(=O)(=O)Nc4cc(C)on4)cc3)n2)cc1. The zero-order valence-electron chi connectivity index (χ0n) is 24.7. The lowest BCUT2D eigenvalue weighted by molar-refractivity contribution is -0.115. The monoisotopic (exact) mass is 639 g/mol. The molecule has 0 bridgehead atoms. The van der Waals surface area contributed by atoms with Crippen LogP contribution in [0.4, 0.5) is 11.5 Å². The number of benzene rings is 3. The van der Waals surface area contributed by atoms with Crippen LogP contribution < -0.4 is 14.8 Å². The highest BCUT2D eigenvalue weighted by atomic mass is 32.2. The van der Waals surface area contributed by atoms with Gasteiger partial charge in [0.15, 0.2) is 5.82 Å². The van der Waals surface area contributed by atoms with Crippen LogP contribution in [-0.2, 0) is 14.8 Å². The van der Waals surface area contributed by atoms with Crippen LogP contribution in [0.5, 0.6) is 5.75 Å². The molecule has 0 atom stereocenters. The van der Waals surface area contributed by atoms with Gasteiger partial charge in [-0.3, -0.25) is 9.52 Å². The smallest absolute Gasteiger partial charge is 0.263 e. The molecule has 2 heterocycles. The van der Waals surface area contributed by atoms with E-state index in [0.29, 0.717) is 33.5 Å². The number of anilines is 2. The Morgan fingerprint density at radius 1 is 0.978 bits per heavy atom. The molecule has 0 unspecified atom stereocenters. The third-order valence-corrected chi connectivity index (χ3v) is 9.08. The Hall–Kier alpha value is -5.12. The van der Waals surface area contributed by atoms with E-state index in [1.165, 1.54) is 42.1 Å². The molecular formula is C33H29N5O5S2. The molecule has 0 saturated carbocycles. The summed E-state index contributed by atoms with van der Waals surface area (Å²) in [6.45, 7) is 3.66. The number of nitriles is 1. The molecule has 228 valence electrons. The summed E-state index contributed by atoms with van der Waals surface area (Å²) in [6.07, 6.45) is 0.136. The number of amides is 1. The van der Waals surface area contributed by atoms with Gasteiger partial charge in [0.25, 0.3) is 10.0 Å². The molecular weight excluding hydrogens is 611 g/mol. The van der Waals surface area contributed by atoms with Crippen LogP contribution in [0, 0.1) is 25.2 Å². The van der Waals surface area contributed by atoms with E-state index in [1.54, 1.807) is 14.0 Å². The van der Waals surface area contributed by atoms with E-state index in [9.17, 15) is 18.5 Å². The first kappa shape index (κ1) is 31.3. The normalized spacial score (nSPS) is 11.1. The van der Waals surface area contributed by atoms with Crippen molar-refractivity contribution in [1.29, 1.82) is 5.26 Å². The Labute approximate surface area is 265 Å². The molecule has 5 rings (SSSR count). The van der Waals surface area contributed by atoms with Crippen LogP contribution in [0.3, 0.4) is 0 Å². The lowest BCUT2D eigenvalue weighted by Gasteiger charge is -2.13. The predicted octanol–water partition coefficient (Wildman–Crippen LogP) is 6.82. The topological polar surface area (TPSA) is 147 Å². The predicted molar refractivity (Wildman–Crippen MR) is 174 cm³/mol. The highest BCUT2D eigenvalue weighted by Crippen LogP contribution is 2.35. The van der Waals surface area contributed by atoms with Crippen LogP contribution in [-0.4, -0.2) is 37.3 Å². The van der Waals surface area contributed by atoms with E-state index in [-0.39, 0.29) is 23.0 Å². The number of hydrogen-bond donors (Lipinski definition) is 2.